The number of amides is 1. The molecule has 1 atom stereocenters. The Labute approximate surface area is 124 Å². The summed E-state index contributed by atoms with van der Waals surface area (Å²) < 4.78 is 0. The first-order valence-corrected chi connectivity index (χ1v) is 7.19. The van der Waals surface area contributed by atoms with Crippen LogP contribution in [0.2, 0.25) is 5.02 Å². The molecule has 0 aliphatic rings. The van der Waals surface area contributed by atoms with E-state index in [9.17, 15) is 14.7 Å². The monoisotopic (exact) mass is 297 g/mol. The van der Waals surface area contributed by atoms with Crippen LogP contribution in [-0.4, -0.2) is 23.0 Å². The minimum absolute atomic E-state index is 0.212. The normalized spacial score (nSPS) is 11.9. The maximum absolute atomic E-state index is 12.2. The van der Waals surface area contributed by atoms with Crippen LogP contribution in [0.5, 0.6) is 0 Å². The topological polar surface area (TPSA) is 57.6 Å². The van der Waals surface area contributed by atoms with E-state index in [-0.39, 0.29) is 12.3 Å². The highest BCUT2D eigenvalue weighted by atomic mass is 35.5. The zero-order valence-corrected chi connectivity index (χ0v) is 12.6. The minimum Gasteiger partial charge on any atom is -0.480 e. The van der Waals surface area contributed by atoms with Gasteiger partial charge in [-0.3, -0.25) is 9.69 Å². The summed E-state index contributed by atoms with van der Waals surface area (Å²) in [4.78, 5) is 25.0. The molecule has 0 spiro atoms. The number of carboxylic acid groups (broad SMARTS) is 1. The number of hydrogen-bond donors (Lipinski definition) is 1. The lowest BCUT2D eigenvalue weighted by atomic mass is 10.1. The highest BCUT2D eigenvalue weighted by Gasteiger charge is 2.29. The van der Waals surface area contributed by atoms with E-state index in [1.807, 2.05) is 6.92 Å². The van der Waals surface area contributed by atoms with Gasteiger partial charge in [0.15, 0.2) is 0 Å². The second kappa shape index (κ2) is 7.90. The summed E-state index contributed by atoms with van der Waals surface area (Å²) in [6.45, 7) is 3.71. The molecule has 0 aromatic heterocycles. The Morgan fingerprint density at radius 1 is 1.35 bits per heavy atom. The fourth-order valence-corrected chi connectivity index (χ4v) is 2.24. The van der Waals surface area contributed by atoms with Crippen molar-refractivity contribution in [2.24, 2.45) is 0 Å². The Bertz CT molecular complexity index is 476. The summed E-state index contributed by atoms with van der Waals surface area (Å²) in [5, 5.41) is 9.90. The van der Waals surface area contributed by atoms with Gasteiger partial charge in [0, 0.05) is 17.1 Å². The lowest BCUT2D eigenvalue weighted by Crippen LogP contribution is -2.45. The molecule has 20 heavy (non-hydrogen) atoms. The van der Waals surface area contributed by atoms with Crippen molar-refractivity contribution in [1.29, 1.82) is 0 Å². The molecular weight excluding hydrogens is 278 g/mol. The van der Waals surface area contributed by atoms with Gasteiger partial charge >= 0.3 is 5.97 Å². The fraction of sp³-hybridized carbons (Fsp3) is 0.467. The third kappa shape index (κ3) is 4.23. The molecule has 5 heteroatoms. The number of halogens is 1. The molecule has 1 N–H and O–H groups in total. The Kier molecular flexibility index (Phi) is 6.52. The third-order valence-corrected chi connectivity index (χ3v) is 3.32. The number of benzene rings is 1. The quantitative estimate of drug-likeness (QED) is 0.834. The molecule has 0 bridgehead atoms. The van der Waals surface area contributed by atoms with Crippen LogP contribution in [0.25, 0.3) is 0 Å². The second-order valence-electron chi connectivity index (χ2n) is 4.59. The van der Waals surface area contributed by atoms with Gasteiger partial charge in [-0.2, -0.15) is 0 Å². The van der Waals surface area contributed by atoms with Gasteiger partial charge in [-0.25, -0.2) is 4.79 Å². The van der Waals surface area contributed by atoms with Crippen LogP contribution in [-0.2, 0) is 9.59 Å². The maximum atomic E-state index is 12.2. The van der Waals surface area contributed by atoms with Crippen molar-refractivity contribution < 1.29 is 14.7 Å². The van der Waals surface area contributed by atoms with Crippen LogP contribution in [0, 0.1) is 0 Å². The van der Waals surface area contributed by atoms with E-state index in [1.54, 1.807) is 31.2 Å². The number of carbonyl (C=O) groups is 2. The molecule has 0 saturated heterocycles. The van der Waals surface area contributed by atoms with Crippen molar-refractivity contribution in [3.8, 4) is 0 Å². The van der Waals surface area contributed by atoms with E-state index in [4.69, 9.17) is 11.6 Å². The number of carbonyl (C=O) groups excluding carboxylic acids is 1. The number of aliphatic carboxylic acids is 1. The van der Waals surface area contributed by atoms with Crippen LogP contribution in [0.1, 0.15) is 39.5 Å². The smallest absolute Gasteiger partial charge is 0.326 e. The SMILES string of the molecule is CCCC[C@@H](C(=O)O)N(C(=O)CC)c1cccc(Cl)c1. The summed E-state index contributed by atoms with van der Waals surface area (Å²) in [6.07, 6.45) is 2.32. The summed E-state index contributed by atoms with van der Waals surface area (Å²) >= 11 is 5.94. The molecule has 0 radical (unpaired) electrons. The molecule has 0 unspecified atom stereocenters. The van der Waals surface area contributed by atoms with Crippen LogP contribution < -0.4 is 4.90 Å². The van der Waals surface area contributed by atoms with Gasteiger partial charge in [0.05, 0.1) is 0 Å². The zero-order valence-electron chi connectivity index (χ0n) is 11.8. The fourth-order valence-electron chi connectivity index (χ4n) is 2.05. The van der Waals surface area contributed by atoms with E-state index in [0.29, 0.717) is 17.1 Å². The standard InChI is InChI=1S/C15H20ClNO3/c1-3-5-9-13(15(19)20)17(14(18)4-2)12-8-6-7-11(16)10-12/h6-8,10,13H,3-5,9H2,1-2H3,(H,19,20)/t13-/m0/s1. The average Bonchev–Trinajstić information content (AvgIpc) is 2.42. The van der Waals surface area contributed by atoms with E-state index < -0.39 is 12.0 Å². The van der Waals surface area contributed by atoms with Gasteiger partial charge in [-0.05, 0) is 24.6 Å². The van der Waals surface area contributed by atoms with Gasteiger partial charge in [0.25, 0.3) is 0 Å². The number of anilines is 1. The van der Waals surface area contributed by atoms with Crippen LogP contribution >= 0.6 is 11.6 Å². The van der Waals surface area contributed by atoms with Crippen molar-refractivity contribution in [3.05, 3.63) is 29.3 Å². The first-order chi connectivity index (χ1) is 9.51. The van der Waals surface area contributed by atoms with E-state index in [0.717, 1.165) is 12.8 Å². The van der Waals surface area contributed by atoms with Crippen molar-refractivity contribution >= 4 is 29.2 Å². The molecule has 1 rings (SSSR count). The summed E-state index contributed by atoms with van der Waals surface area (Å²) in [5.74, 6) is -1.20. The van der Waals surface area contributed by atoms with E-state index >= 15 is 0 Å². The van der Waals surface area contributed by atoms with E-state index in [1.165, 1.54) is 4.90 Å². The molecule has 0 saturated carbocycles. The lowest BCUT2D eigenvalue weighted by Gasteiger charge is -2.29. The van der Waals surface area contributed by atoms with Crippen molar-refractivity contribution in [2.75, 3.05) is 4.90 Å². The molecule has 1 aromatic rings. The molecule has 0 heterocycles. The highest BCUT2D eigenvalue weighted by Crippen LogP contribution is 2.24. The van der Waals surface area contributed by atoms with Gasteiger partial charge in [-0.15, -0.1) is 0 Å². The van der Waals surface area contributed by atoms with Crippen LogP contribution in [0.15, 0.2) is 24.3 Å². The van der Waals surface area contributed by atoms with Gasteiger partial charge < -0.3 is 5.11 Å². The number of rotatable bonds is 7. The molecule has 4 nitrogen and oxygen atoms in total. The second-order valence-corrected chi connectivity index (χ2v) is 5.03. The third-order valence-electron chi connectivity index (χ3n) is 3.09. The number of hydrogen-bond acceptors (Lipinski definition) is 2. The maximum Gasteiger partial charge on any atom is 0.326 e. The molecule has 0 fully saturated rings. The number of nitrogens with zero attached hydrogens (tertiary/aromatic N) is 1. The zero-order chi connectivity index (χ0) is 15.1. The summed E-state index contributed by atoms with van der Waals surface area (Å²) in [5.41, 5.74) is 0.535. The minimum atomic E-state index is -0.986. The summed E-state index contributed by atoms with van der Waals surface area (Å²) in [7, 11) is 0. The van der Waals surface area contributed by atoms with Gasteiger partial charge in [0.1, 0.15) is 6.04 Å². The number of carboxylic acids is 1. The molecule has 1 amide bonds. The van der Waals surface area contributed by atoms with E-state index in [2.05, 4.69) is 0 Å². The van der Waals surface area contributed by atoms with Crippen molar-refractivity contribution in [1.82, 2.24) is 0 Å². The van der Waals surface area contributed by atoms with Crippen molar-refractivity contribution in [2.45, 2.75) is 45.6 Å². The average molecular weight is 298 g/mol. The Morgan fingerprint density at radius 2 is 2.05 bits per heavy atom. The van der Waals surface area contributed by atoms with Crippen molar-refractivity contribution in [3.63, 3.8) is 0 Å². The van der Waals surface area contributed by atoms with Gasteiger partial charge in [-0.1, -0.05) is 44.4 Å². The lowest BCUT2D eigenvalue weighted by molar-refractivity contribution is -0.140. The molecule has 0 aliphatic heterocycles. The first-order valence-electron chi connectivity index (χ1n) is 6.81. The van der Waals surface area contributed by atoms with Gasteiger partial charge in [0.2, 0.25) is 5.91 Å². The molecule has 0 aliphatic carbocycles. The van der Waals surface area contributed by atoms with Crippen LogP contribution in [0.3, 0.4) is 0 Å². The Balaban J connectivity index is 3.15. The molecular formula is C15H20ClNO3. The molecule has 1 aromatic carbocycles. The largest absolute Gasteiger partial charge is 0.480 e. The first kappa shape index (κ1) is 16.5. The summed E-state index contributed by atoms with van der Waals surface area (Å²) in [6, 6.07) is 5.90. The number of unbranched alkanes of at least 4 members (excludes halogenated alkanes) is 1. The molecule has 110 valence electrons. The highest BCUT2D eigenvalue weighted by molar-refractivity contribution is 6.31. The predicted octanol–water partition coefficient (Wildman–Crippen LogP) is 3.73. The Hall–Kier alpha value is -1.55. The van der Waals surface area contributed by atoms with Crippen LogP contribution in [0.4, 0.5) is 5.69 Å². The predicted molar refractivity (Wildman–Crippen MR) is 80.2 cm³/mol. The Morgan fingerprint density at radius 3 is 2.55 bits per heavy atom.